The van der Waals surface area contributed by atoms with Gasteiger partial charge in [0.1, 0.15) is 6.07 Å². The predicted molar refractivity (Wildman–Crippen MR) is 83.5 cm³/mol. The van der Waals surface area contributed by atoms with Gasteiger partial charge in [0, 0.05) is 24.3 Å². The highest BCUT2D eigenvalue weighted by atomic mass is 15.2. The lowest BCUT2D eigenvalue weighted by Gasteiger charge is -2.20. The van der Waals surface area contributed by atoms with Gasteiger partial charge in [-0.3, -0.25) is 0 Å². The van der Waals surface area contributed by atoms with E-state index in [0.29, 0.717) is 18.0 Å². The zero-order chi connectivity index (χ0) is 14.8. The maximum Gasteiger partial charge on any atom is 0.151 e. The van der Waals surface area contributed by atoms with Crippen LogP contribution in [0.5, 0.6) is 0 Å². The summed E-state index contributed by atoms with van der Waals surface area (Å²) in [4.78, 5) is 6.61. The number of rotatable bonds is 3. The molecule has 0 spiro atoms. The maximum absolute atomic E-state index is 9.44. The van der Waals surface area contributed by atoms with Gasteiger partial charge in [-0.25, -0.2) is 4.98 Å². The third-order valence-electron chi connectivity index (χ3n) is 4.09. The Morgan fingerprint density at radius 1 is 1.38 bits per heavy atom. The summed E-state index contributed by atoms with van der Waals surface area (Å²) in [6, 6.07) is 12.5. The lowest BCUT2D eigenvalue weighted by Crippen LogP contribution is -2.19. The largest absolute Gasteiger partial charge is 0.330 e. The lowest BCUT2D eigenvalue weighted by molar-refractivity contribution is 0.667. The van der Waals surface area contributed by atoms with Crippen molar-refractivity contribution < 1.29 is 0 Å². The second-order valence-corrected chi connectivity index (χ2v) is 5.38. The van der Waals surface area contributed by atoms with Crippen molar-refractivity contribution in [1.29, 1.82) is 5.26 Å². The van der Waals surface area contributed by atoms with E-state index in [4.69, 9.17) is 5.73 Å². The standard InChI is InChI=1S/C17H18N4/c1-12-7-9-20-17(15(12)10-19)21-11-13(6-8-18)14-4-2-3-5-16(14)21/h2-5,7,9,13H,6,8,11,18H2,1H3. The van der Waals surface area contributed by atoms with E-state index in [-0.39, 0.29) is 0 Å². The van der Waals surface area contributed by atoms with E-state index in [9.17, 15) is 5.26 Å². The van der Waals surface area contributed by atoms with Crippen molar-refractivity contribution in [3.8, 4) is 6.07 Å². The molecule has 0 aliphatic carbocycles. The highest BCUT2D eigenvalue weighted by molar-refractivity contribution is 5.73. The number of pyridine rings is 1. The Kier molecular flexibility index (Phi) is 3.59. The summed E-state index contributed by atoms with van der Waals surface area (Å²) in [5.41, 5.74) is 9.80. The molecule has 1 aromatic carbocycles. The molecule has 1 aromatic heterocycles. The average molecular weight is 278 g/mol. The number of anilines is 2. The van der Waals surface area contributed by atoms with Gasteiger partial charge in [0.25, 0.3) is 0 Å². The van der Waals surface area contributed by atoms with Crippen LogP contribution in [0.2, 0.25) is 0 Å². The van der Waals surface area contributed by atoms with Crippen LogP contribution in [0.3, 0.4) is 0 Å². The molecule has 1 unspecified atom stereocenters. The van der Waals surface area contributed by atoms with E-state index in [2.05, 4.69) is 34.2 Å². The molecule has 0 bridgehead atoms. The van der Waals surface area contributed by atoms with Crippen molar-refractivity contribution in [2.24, 2.45) is 5.73 Å². The smallest absolute Gasteiger partial charge is 0.151 e. The number of aryl methyl sites for hydroxylation is 1. The first-order valence-electron chi connectivity index (χ1n) is 7.18. The Bertz CT molecular complexity index is 702. The summed E-state index contributed by atoms with van der Waals surface area (Å²) >= 11 is 0. The fourth-order valence-corrected chi connectivity index (χ4v) is 3.03. The topological polar surface area (TPSA) is 65.9 Å². The molecule has 0 fully saturated rings. The van der Waals surface area contributed by atoms with Crippen molar-refractivity contribution in [2.45, 2.75) is 19.3 Å². The molecule has 1 aliphatic heterocycles. The molecule has 4 nitrogen and oxygen atoms in total. The lowest BCUT2D eigenvalue weighted by atomic mass is 9.98. The van der Waals surface area contributed by atoms with Crippen LogP contribution in [-0.2, 0) is 0 Å². The molecule has 1 atom stereocenters. The van der Waals surface area contributed by atoms with Crippen LogP contribution in [0, 0.1) is 18.3 Å². The Morgan fingerprint density at radius 2 is 2.19 bits per heavy atom. The highest BCUT2D eigenvalue weighted by Crippen LogP contribution is 2.42. The van der Waals surface area contributed by atoms with Gasteiger partial charge in [-0.2, -0.15) is 5.26 Å². The molecule has 3 rings (SSSR count). The molecule has 2 heterocycles. The van der Waals surface area contributed by atoms with Crippen molar-refractivity contribution in [3.05, 3.63) is 53.2 Å². The minimum Gasteiger partial charge on any atom is -0.330 e. The second kappa shape index (κ2) is 5.55. The summed E-state index contributed by atoms with van der Waals surface area (Å²) < 4.78 is 0. The molecule has 106 valence electrons. The average Bonchev–Trinajstić information content (AvgIpc) is 2.86. The fraction of sp³-hybridized carbons (Fsp3) is 0.294. The van der Waals surface area contributed by atoms with E-state index < -0.39 is 0 Å². The number of nitriles is 1. The summed E-state index contributed by atoms with van der Waals surface area (Å²) in [7, 11) is 0. The Morgan fingerprint density at radius 3 is 2.95 bits per heavy atom. The van der Waals surface area contributed by atoms with Crippen LogP contribution in [0.4, 0.5) is 11.5 Å². The van der Waals surface area contributed by atoms with Gasteiger partial charge in [-0.1, -0.05) is 18.2 Å². The van der Waals surface area contributed by atoms with Gasteiger partial charge in [-0.05, 0) is 43.1 Å². The summed E-state index contributed by atoms with van der Waals surface area (Å²) in [5.74, 6) is 1.16. The molecule has 0 amide bonds. The molecular weight excluding hydrogens is 260 g/mol. The number of hydrogen-bond donors (Lipinski definition) is 1. The molecule has 21 heavy (non-hydrogen) atoms. The maximum atomic E-state index is 9.44. The number of aromatic nitrogens is 1. The molecular formula is C17H18N4. The van der Waals surface area contributed by atoms with Crippen LogP contribution in [0.1, 0.15) is 29.0 Å². The number of fused-ring (bicyclic) bond motifs is 1. The third-order valence-corrected chi connectivity index (χ3v) is 4.09. The first-order valence-corrected chi connectivity index (χ1v) is 7.18. The monoisotopic (exact) mass is 278 g/mol. The number of nitrogens with two attached hydrogens (primary N) is 1. The number of para-hydroxylation sites is 1. The number of benzene rings is 1. The minimum absolute atomic E-state index is 0.403. The molecule has 4 heteroatoms. The molecule has 0 saturated heterocycles. The van der Waals surface area contributed by atoms with E-state index in [1.165, 1.54) is 5.56 Å². The van der Waals surface area contributed by atoms with Gasteiger partial charge >= 0.3 is 0 Å². The van der Waals surface area contributed by atoms with Crippen molar-refractivity contribution in [3.63, 3.8) is 0 Å². The quantitative estimate of drug-likeness (QED) is 0.937. The van der Waals surface area contributed by atoms with Crippen molar-refractivity contribution in [1.82, 2.24) is 4.98 Å². The fourth-order valence-electron chi connectivity index (χ4n) is 3.03. The van der Waals surface area contributed by atoms with E-state index in [1.54, 1.807) is 6.20 Å². The summed E-state index contributed by atoms with van der Waals surface area (Å²) in [6.07, 6.45) is 2.71. The van der Waals surface area contributed by atoms with Gasteiger partial charge < -0.3 is 10.6 Å². The first-order chi connectivity index (χ1) is 10.3. The van der Waals surface area contributed by atoms with E-state index in [1.807, 2.05) is 19.1 Å². The summed E-state index contributed by atoms with van der Waals surface area (Å²) in [6.45, 7) is 3.45. The van der Waals surface area contributed by atoms with Crippen molar-refractivity contribution in [2.75, 3.05) is 18.0 Å². The third kappa shape index (κ3) is 2.26. The van der Waals surface area contributed by atoms with Gasteiger partial charge in [0.2, 0.25) is 0 Å². The summed E-state index contributed by atoms with van der Waals surface area (Å²) in [5, 5.41) is 9.44. The van der Waals surface area contributed by atoms with E-state index in [0.717, 1.165) is 30.0 Å². The van der Waals surface area contributed by atoms with Crippen LogP contribution < -0.4 is 10.6 Å². The first kappa shape index (κ1) is 13.6. The van der Waals surface area contributed by atoms with Crippen LogP contribution in [-0.4, -0.2) is 18.1 Å². The van der Waals surface area contributed by atoms with Crippen molar-refractivity contribution >= 4 is 11.5 Å². The predicted octanol–water partition coefficient (Wildman–Crippen LogP) is 2.85. The zero-order valence-corrected chi connectivity index (χ0v) is 12.1. The molecule has 2 N–H and O–H groups in total. The second-order valence-electron chi connectivity index (χ2n) is 5.38. The Balaban J connectivity index is 2.09. The van der Waals surface area contributed by atoms with Crippen LogP contribution in [0.25, 0.3) is 0 Å². The molecule has 1 aliphatic rings. The number of nitrogens with zero attached hydrogens (tertiary/aromatic N) is 3. The van der Waals surface area contributed by atoms with Gasteiger partial charge in [-0.15, -0.1) is 0 Å². The Labute approximate surface area is 124 Å². The van der Waals surface area contributed by atoms with Gasteiger partial charge in [0.05, 0.1) is 5.56 Å². The molecule has 2 aromatic rings. The van der Waals surface area contributed by atoms with E-state index >= 15 is 0 Å². The van der Waals surface area contributed by atoms with Crippen LogP contribution in [0.15, 0.2) is 36.5 Å². The normalized spacial score (nSPS) is 16.6. The minimum atomic E-state index is 0.403. The zero-order valence-electron chi connectivity index (χ0n) is 12.1. The van der Waals surface area contributed by atoms with Crippen LogP contribution >= 0.6 is 0 Å². The molecule has 0 saturated carbocycles. The van der Waals surface area contributed by atoms with Gasteiger partial charge in [0.15, 0.2) is 5.82 Å². The highest BCUT2D eigenvalue weighted by Gasteiger charge is 2.30. The Hall–Kier alpha value is -2.38. The molecule has 0 radical (unpaired) electrons. The number of hydrogen-bond acceptors (Lipinski definition) is 4. The SMILES string of the molecule is Cc1ccnc(N2CC(CCN)c3ccccc32)c1C#N.